The van der Waals surface area contributed by atoms with E-state index in [0.29, 0.717) is 11.3 Å². The SMILES string of the molecule is Cc1ccc2c(c1)N(C)c1cc3ccccc3cc1[P+](C)(C(C)C)c1ccc(C)cc1N(C)c1cc3ccccc3cc1P2C(C)C. The van der Waals surface area contributed by atoms with Gasteiger partial charge in [-0.05, 0) is 116 Å². The van der Waals surface area contributed by atoms with Gasteiger partial charge in [0.2, 0.25) is 0 Å². The van der Waals surface area contributed by atoms with Gasteiger partial charge in [0.25, 0.3) is 0 Å². The number of rotatable bonds is 2. The number of aryl methyl sites for hydroxylation is 2. The summed E-state index contributed by atoms with van der Waals surface area (Å²) in [5.41, 5.74) is 8.77. The largest absolute Gasteiger partial charge is 0.341 e. The number of hydrogen-bond acceptors (Lipinski definition) is 2. The molecule has 0 fully saturated rings. The minimum absolute atomic E-state index is 0.439. The molecule has 0 saturated heterocycles. The van der Waals surface area contributed by atoms with Crippen molar-refractivity contribution in [2.75, 3.05) is 30.6 Å². The van der Waals surface area contributed by atoms with E-state index in [1.165, 1.54) is 76.6 Å². The fourth-order valence-electron chi connectivity index (χ4n) is 7.57. The first kappa shape index (κ1) is 31.9. The number of anilines is 4. The van der Waals surface area contributed by atoms with E-state index >= 15 is 0 Å². The molecule has 2 unspecified atom stereocenters. The lowest BCUT2D eigenvalue weighted by Gasteiger charge is -2.38. The van der Waals surface area contributed by atoms with Gasteiger partial charge in [0.15, 0.2) is 0 Å². The van der Waals surface area contributed by atoms with Crippen LogP contribution in [0.3, 0.4) is 0 Å². The van der Waals surface area contributed by atoms with Gasteiger partial charge in [0, 0.05) is 36.1 Å². The summed E-state index contributed by atoms with van der Waals surface area (Å²) in [7, 11) is 1.95. The molecule has 0 N–H and O–H groups in total. The molecule has 0 aromatic heterocycles. The Morgan fingerprint density at radius 1 is 0.511 bits per heavy atom. The summed E-state index contributed by atoms with van der Waals surface area (Å²) in [5.74, 6) is 0. The monoisotopic (exact) mass is 653 g/mol. The van der Waals surface area contributed by atoms with Crippen molar-refractivity contribution < 1.29 is 0 Å². The van der Waals surface area contributed by atoms with E-state index in [2.05, 4.69) is 181 Å². The van der Waals surface area contributed by atoms with Crippen molar-refractivity contribution in [1.82, 2.24) is 0 Å². The minimum Gasteiger partial charge on any atom is -0.341 e. The second kappa shape index (κ2) is 12.1. The van der Waals surface area contributed by atoms with E-state index in [-0.39, 0.29) is 0 Å². The van der Waals surface area contributed by atoms with E-state index < -0.39 is 15.2 Å². The van der Waals surface area contributed by atoms with Crippen LogP contribution < -0.4 is 31.0 Å². The van der Waals surface area contributed by atoms with E-state index in [1.54, 1.807) is 0 Å². The highest BCUT2D eigenvalue weighted by molar-refractivity contribution is 7.90. The van der Waals surface area contributed by atoms with Crippen LogP contribution in [0.1, 0.15) is 38.8 Å². The molecule has 2 atom stereocenters. The quantitative estimate of drug-likeness (QED) is 0.172. The summed E-state index contributed by atoms with van der Waals surface area (Å²) in [4.78, 5) is 5.09. The van der Waals surface area contributed by atoms with Crippen molar-refractivity contribution in [3.63, 3.8) is 0 Å². The van der Waals surface area contributed by atoms with Gasteiger partial charge in [-0.1, -0.05) is 80.6 Å². The second-order valence-corrected chi connectivity index (χ2v) is 21.0. The molecule has 4 heteroatoms. The second-order valence-electron chi connectivity index (χ2n) is 14.1. The summed E-state index contributed by atoms with van der Waals surface area (Å²) in [6.45, 7) is 16.8. The lowest BCUT2D eigenvalue weighted by molar-refractivity contribution is 1.09. The molecule has 0 saturated carbocycles. The smallest absolute Gasteiger partial charge is 0.123 e. The molecule has 2 nitrogen and oxygen atoms in total. The number of nitrogens with zero attached hydrogens (tertiary/aromatic N) is 2. The maximum atomic E-state index is 2.59. The summed E-state index contributed by atoms with van der Waals surface area (Å²) in [6, 6.07) is 42.2. The predicted octanol–water partition coefficient (Wildman–Crippen LogP) is 10.3. The molecule has 1 heterocycles. The van der Waals surface area contributed by atoms with Gasteiger partial charge in [-0.3, -0.25) is 0 Å². The Labute approximate surface area is 283 Å². The van der Waals surface area contributed by atoms with Gasteiger partial charge in [-0.15, -0.1) is 0 Å². The maximum Gasteiger partial charge on any atom is 0.123 e. The highest BCUT2D eigenvalue weighted by atomic mass is 31.2. The molecule has 0 radical (unpaired) electrons. The molecule has 6 aromatic rings. The van der Waals surface area contributed by atoms with Crippen LogP contribution in [0.5, 0.6) is 0 Å². The van der Waals surface area contributed by atoms with Crippen LogP contribution in [0, 0.1) is 13.8 Å². The Kier molecular flexibility index (Phi) is 8.19. The molecule has 0 bridgehead atoms. The Morgan fingerprint density at radius 2 is 0.979 bits per heavy atom. The number of benzene rings is 6. The zero-order chi connectivity index (χ0) is 33.2. The zero-order valence-corrected chi connectivity index (χ0v) is 31.1. The zero-order valence-electron chi connectivity index (χ0n) is 29.3. The molecule has 1 aliphatic heterocycles. The first-order valence-corrected chi connectivity index (χ1v) is 20.6. The van der Waals surface area contributed by atoms with E-state index in [1.807, 2.05) is 0 Å². The number of fused-ring (bicyclic) bond motifs is 6. The first-order valence-electron chi connectivity index (χ1n) is 16.9. The molecule has 0 spiro atoms. The van der Waals surface area contributed by atoms with Gasteiger partial charge < -0.3 is 9.80 Å². The summed E-state index contributed by atoms with van der Waals surface area (Å²) >= 11 is 0. The van der Waals surface area contributed by atoms with E-state index in [9.17, 15) is 0 Å². The standard InChI is InChI=1S/C43H47N2P2/c1-28(2)46-40-20-18-30(5)22-36(40)44(7)39-25-33-15-11-13-17-35(33)27-43(39)47(9,29(3)4)42-21-19-31(6)23-38(42)45(8)37-24-32-14-10-12-16-34(32)26-41(37)46/h10-29H,1-9H3/q+1. The van der Waals surface area contributed by atoms with Crippen molar-refractivity contribution in [3.05, 3.63) is 120 Å². The Morgan fingerprint density at radius 3 is 1.55 bits per heavy atom. The van der Waals surface area contributed by atoms with Crippen LogP contribution in [-0.2, 0) is 0 Å². The first-order chi connectivity index (χ1) is 22.5. The highest BCUT2D eigenvalue weighted by Gasteiger charge is 2.47. The molecule has 238 valence electrons. The van der Waals surface area contributed by atoms with Gasteiger partial charge in [0.1, 0.15) is 10.6 Å². The van der Waals surface area contributed by atoms with Crippen LogP contribution in [0.2, 0.25) is 0 Å². The number of hydrogen-bond donors (Lipinski definition) is 0. The van der Waals surface area contributed by atoms with Crippen LogP contribution in [0.15, 0.2) is 109 Å². The third-order valence-corrected chi connectivity index (χ3v) is 18.1. The van der Waals surface area contributed by atoms with E-state index in [4.69, 9.17) is 0 Å². The summed E-state index contributed by atoms with van der Waals surface area (Å²) in [6.07, 6.45) is 0. The molecule has 0 aliphatic carbocycles. The third kappa shape index (κ3) is 5.26. The van der Waals surface area contributed by atoms with Gasteiger partial charge in [-0.2, -0.15) is 0 Å². The van der Waals surface area contributed by atoms with Crippen molar-refractivity contribution in [2.45, 2.75) is 52.9 Å². The topological polar surface area (TPSA) is 6.48 Å². The summed E-state index contributed by atoms with van der Waals surface area (Å²) in [5, 5.41) is 11.1. The molecular formula is C43H47N2P2+. The normalized spacial score (nSPS) is 18.1. The van der Waals surface area contributed by atoms with Crippen molar-refractivity contribution in [2.24, 2.45) is 0 Å². The van der Waals surface area contributed by atoms with Crippen LogP contribution in [0.25, 0.3) is 21.5 Å². The molecule has 47 heavy (non-hydrogen) atoms. The van der Waals surface area contributed by atoms with Crippen molar-refractivity contribution >= 4 is 80.7 Å². The van der Waals surface area contributed by atoms with Crippen molar-refractivity contribution in [1.29, 1.82) is 0 Å². The van der Waals surface area contributed by atoms with Gasteiger partial charge >= 0.3 is 0 Å². The van der Waals surface area contributed by atoms with E-state index in [0.717, 1.165) is 0 Å². The Bertz CT molecular complexity index is 2150. The fraction of sp³-hybridized carbons (Fsp3) is 0.256. The van der Waals surface area contributed by atoms with Gasteiger partial charge in [-0.25, -0.2) is 0 Å². The fourth-order valence-corrected chi connectivity index (χ4v) is 13.9. The van der Waals surface area contributed by atoms with Crippen molar-refractivity contribution in [3.8, 4) is 0 Å². The average molecular weight is 654 g/mol. The predicted molar refractivity (Wildman–Crippen MR) is 215 cm³/mol. The minimum atomic E-state index is -1.96. The lowest BCUT2D eigenvalue weighted by Crippen LogP contribution is -2.36. The van der Waals surface area contributed by atoms with Crippen LogP contribution in [-0.4, -0.2) is 32.1 Å². The Hall–Kier alpha value is -3.70. The lowest BCUT2D eigenvalue weighted by atomic mass is 10.1. The van der Waals surface area contributed by atoms with Crippen LogP contribution in [0.4, 0.5) is 22.7 Å². The summed E-state index contributed by atoms with van der Waals surface area (Å²) < 4.78 is 0. The van der Waals surface area contributed by atoms with Crippen LogP contribution >= 0.6 is 15.2 Å². The molecular weight excluding hydrogens is 606 g/mol. The highest BCUT2D eigenvalue weighted by Crippen LogP contribution is 2.62. The third-order valence-electron chi connectivity index (χ3n) is 10.5. The maximum absolute atomic E-state index is 2.59. The molecule has 6 aromatic carbocycles. The molecule has 0 amide bonds. The Balaban J connectivity index is 1.69. The van der Waals surface area contributed by atoms with Gasteiger partial charge in [0.05, 0.1) is 31.0 Å². The molecule has 7 rings (SSSR count). The molecule has 1 aliphatic rings. The average Bonchev–Trinajstić information content (AvgIpc) is 3.06.